The van der Waals surface area contributed by atoms with E-state index in [9.17, 15) is 9.59 Å². The summed E-state index contributed by atoms with van der Waals surface area (Å²) in [4.78, 5) is 24.4. The fourth-order valence-corrected chi connectivity index (χ4v) is 2.87. The molecule has 0 radical (unpaired) electrons. The SMILES string of the molecule is CCNC(=O)c1ccc(-c2cc(C)c(=O)n(Cc3ccc(Cl)cc3)n2)cc1. The summed E-state index contributed by atoms with van der Waals surface area (Å²) in [6, 6.07) is 16.3. The highest BCUT2D eigenvalue weighted by Gasteiger charge is 2.10. The fourth-order valence-electron chi connectivity index (χ4n) is 2.74. The molecule has 1 heterocycles. The average molecular weight is 382 g/mol. The van der Waals surface area contributed by atoms with Gasteiger partial charge < -0.3 is 5.32 Å². The Morgan fingerprint density at radius 1 is 1.11 bits per heavy atom. The summed E-state index contributed by atoms with van der Waals surface area (Å²) in [5, 5.41) is 7.92. The van der Waals surface area contributed by atoms with Gasteiger partial charge in [-0.05, 0) is 49.7 Å². The molecule has 6 heteroatoms. The molecule has 0 aliphatic heterocycles. The van der Waals surface area contributed by atoms with E-state index in [1.54, 1.807) is 37.3 Å². The van der Waals surface area contributed by atoms with Gasteiger partial charge in [-0.3, -0.25) is 9.59 Å². The second-order valence-electron chi connectivity index (χ2n) is 6.24. The Kier molecular flexibility index (Phi) is 5.72. The summed E-state index contributed by atoms with van der Waals surface area (Å²) in [7, 11) is 0. The van der Waals surface area contributed by atoms with Gasteiger partial charge in [-0.15, -0.1) is 0 Å². The molecule has 1 N–H and O–H groups in total. The lowest BCUT2D eigenvalue weighted by Crippen LogP contribution is -2.25. The number of hydrogen-bond acceptors (Lipinski definition) is 3. The van der Waals surface area contributed by atoms with Gasteiger partial charge in [-0.1, -0.05) is 35.9 Å². The highest BCUT2D eigenvalue weighted by Crippen LogP contribution is 2.18. The number of amides is 1. The summed E-state index contributed by atoms with van der Waals surface area (Å²) >= 11 is 5.92. The van der Waals surface area contributed by atoms with Crippen LogP contribution in [0.2, 0.25) is 5.02 Å². The zero-order chi connectivity index (χ0) is 19.4. The second kappa shape index (κ2) is 8.18. The van der Waals surface area contributed by atoms with Gasteiger partial charge in [0.2, 0.25) is 0 Å². The molecule has 0 unspecified atom stereocenters. The number of rotatable bonds is 5. The molecule has 1 aromatic heterocycles. The highest BCUT2D eigenvalue weighted by molar-refractivity contribution is 6.30. The molecule has 0 saturated carbocycles. The first kappa shape index (κ1) is 18.9. The van der Waals surface area contributed by atoms with Crippen molar-refractivity contribution in [2.24, 2.45) is 0 Å². The van der Waals surface area contributed by atoms with Gasteiger partial charge in [0.15, 0.2) is 0 Å². The van der Waals surface area contributed by atoms with E-state index in [0.29, 0.717) is 34.9 Å². The van der Waals surface area contributed by atoms with Crippen LogP contribution in [-0.4, -0.2) is 22.2 Å². The highest BCUT2D eigenvalue weighted by atomic mass is 35.5. The Morgan fingerprint density at radius 3 is 2.41 bits per heavy atom. The van der Waals surface area contributed by atoms with Crippen molar-refractivity contribution in [3.05, 3.63) is 86.7 Å². The Hall–Kier alpha value is -2.92. The van der Waals surface area contributed by atoms with E-state index in [1.165, 1.54) is 4.68 Å². The van der Waals surface area contributed by atoms with Crippen LogP contribution in [0.3, 0.4) is 0 Å². The third-order valence-electron chi connectivity index (χ3n) is 4.18. The van der Waals surface area contributed by atoms with Crippen molar-refractivity contribution in [2.45, 2.75) is 20.4 Å². The van der Waals surface area contributed by atoms with Crippen molar-refractivity contribution >= 4 is 17.5 Å². The largest absolute Gasteiger partial charge is 0.352 e. The molecule has 0 spiro atoms. The first-order valence-electron chi connectivity index (χ1n) is 8.69. The Bertz CT molecular complexity index is 1010. The predicted octanol–water partition coefficient (Wildman–Crippen LogP) is 3.67. The number of benzene rings is 2. The quantitative estimate of drug-likeness (QED) is 0.733. The van der Waals surface area contributed by atoms with E-state index < -0.39 is 0 Å². The second-order valence-corrected chi connectivity index (χ2v) is 6.68. The number of hydrogen-bond donors (Lipinski definition) is 1. The van der Waals surface area contributed by atoms with Crippen LogP contribution in [-0.2, 0) is 6.54 Å². The molecule has 5 nitrogen and oxygen atoms in total. The van der Waals surface area contributed by atoms with Gasteiger partial charge in [-0.2, -0.15) is 5.10 Å². The van der Waals surface area contributed by atoms with Crippen LogP contribution in [0.5, 0.6) is 0 Å². The van der Waals surface area contributed by atoms with E-state index in [1.807, 2.05) is 31.2 Å². The van der Waals surface area contributed by atoms with Gasteiger partial charge >= 0.3 is 0 Å². The molecule has 0 aliphatic carbocycles. The molecule has 2 aromatic carbocycles. The smallest absolute Gasteiger partial charge is 0.270 e. The number of halogens is 1. The van der Waals surface area contributed by atoms with Gasteiger partial charge in [-0.25, -0.2) is 4.68 Å². The molecular weight excluding hydrogens is 362 g/mol. The Labute approximate surface area is 162 Å². The minimum absolute atomic E-state index is 0.110. The summed E-state index contributed by atoms with van der Waals surface area (Å²) in [6.45, 7) is 4.59. The molecule has 138 valence electrons. The molecule has 3 aromatic rings. The van der Waals surface area contributed by atoms with Crippen molar-refractivity contribution in [2.75, 3.05) is 6.54 Å². The number of carbonyl (C=O) groups is 1. The lowest BCUT2D eigenvalue weighted by atomic mass is 10.1. The summed E-state index contributed by atoms with van der Waals surface area (Å²) in [6.07, 6.45) is 0. The lowest BCUT2D eigenvalue weighted by molar-refractivity contribution is 0.0956. The minimum atomic E-state index is -0.132. The standard InChI is InChI=1S/C21H20ClN3O2/c1-3-23-20(26)17-8-6-16(7-9-17)19-12-14(2)21(27)25(24-19)13-15-4-10-18(22)11-5-15/h4-12H,3,13H2,1-2H3,(H,23,26). The summed E-state index contributed by atoms with van der Waals surface area (Å²) in [5.41, 5.74) is 3.54. The zero-order valence-corrected chi connectivity index (χ0v) is 16.0. The maximum Gasteiger partial charge on any atom is 0.270 e. The van der Waals surface area contributed by atoms with Crippen LogP contribution in [0.1, 0.15) is 28.4 Å². The van der Waals surface area contributed by atoms with Crippen molar-refractivity contribution in [1.29, 1.82) is 0 Å². The van der Waals surface area contributed by atoms with Gasteiger partial charge in [0.1, 0.15) is 0 Å². The van der Waals surface area contributed by atoms with E-state index >= 15 is 0 Å². The third kappa shape index (κ3) is 4.44. The number of aryl methyl sites for hydroxylation is 1. The molecule has 0 atom stereocenters. The van der Waals surface area contributed by atoms with E-state index in [4.69, 9.17) is 11.6 Å². The Balaban J connectivity index is 1.92. The third-order valence-corrected chi connectivity index (χ3v) is 4.43. The van der Waals surface area contributed by atoms with E-state index in [0.717, 1.165) is 11.1 Å². The first-order chi connectivity index (χ1) is 13.0. The summed E-state index contributed by atoms with van der Waals surface area (Å²) in [5.74, 6) is -0.110. The molecule has 0 fully saturated rings. The van der Waals surface area contributed by atoms with Crippen molar-refractivity contribution in [1.82, 2.24) is 15.1 Å². The topological polar surface area (TPSA) is 64.0 Å². The van der Waals surface area contributed by atoms with Crippen LogP contribution >= 0.6 is 11.6 Å². The molecule has 0 bridgehead atoms. The van der Waals surface area contributed by atoms with Crippen molar-refractivity contribution in [3.8, 4) is 11.3 Å². The fraction of sp³-hybridized carbons (Fsp3) is 0.190. The minimum Gasteiger partial charge on any atom is -0.352 e. The van der Waals surface area contributed by atoms with E-state index in [-0.39, 0.29) is 11.5 Å². The van der Waals surface area contributed by atoms with Crippen LogP contribution in [0.25, 0.3) is 11.3 Å². The monoisotopic (exact) mass is 381 g/mol. The van der Waals surface area contributed by atoms with Crippen LogP contribution in [0.15, 0.2) is 59.4 Å². The van der Waals surface area contributed by atoms with Gasteiger partial charge in [0.05, 0.1) is 12.2 Å². The van der Waals surface area contributed by atoms with Crippen LogP contribution < -0.4 is 10.9 Å². The van der Waals surface area contributed by atoms with Crippen molar-refractivity contribution in [3.63, 3.8) is 0 Å². The maximum absolute atomic E-state index is 12.5. The Morgan fingerprint density at radius 2 is 1.78 bits per heavy atom. The zero-order valence-electron chi connectivity index (χ0n) is 15.2. The van der Waals surface area contributed by atoms with E-state index in [2.05, 4.69) is 10.4 Å². The normalized spacial score (nSPS) is 10.6. The molecule has 0 aliphatic rings. The maximum atomic E-state index is 12.5. The van der Waals surface area contributed by atoms with Crippen molar-refractivity contribution < 1.29 is 4.79 Å². The average Bonchev–Trinajstić information content (AvgIpc) is 2.67. The van der Waals surface area contributed by atoms with Crippen LogP contribution in [0, 0.1) is 6.92 Å². The molecule has 27 heavy (non-hydrogen) atoms. The molecular formula is C21H20ClN3O2. The number of nitrogens with one attached hydrogen (secondary N) is 1. The predicted molar refractivity (Wildman–Crippen MR) is 107 cm³/mol. The number of aromatic nitrogens is 2. The van der Waals surface area contributed by atoms with Gasteiger partial charge in [0.25, 0.3) is 11.5 Å². The number of nitrogens with zero attached hydrogens (tertiary/aromatic N) is 2. The van der Waals surface area contributed by atoms with Crippen LogP contribution in [0.4, 0.5) is 0 Å². The van der Waals surface area contributed by atoms with Gasteiger partial charge in [0, 0.05) is 28.3 Å². The summed E-state index contributed by atoms with van der Waals surface area (Å²) < 4.78 is 1.45. The first-order valence-corrected chi connectivity index (χ1v) is 9.07. The molecule has 1 amide bonds. The molecule has 0 saturated heterocycles. The number of carbonyl (C=O) groups excluding carboxylic acids is 1. The molecule has 3 rings (SSSR count). The lowest BCUT2D eigenvalue weighted by Gasteiger charge is -2.10.